The molecule has 0 saturated heterocycles. The predicted octanol–water partition coefficient (Wildman–Crippen LogP) is -0.860. The van der Waals surface area contributed by atoms with E-state index in [1.807, 2.05) is 0 Å². The van der Waals surface area contributed by atoms with Crippen LogP contribution in [0.1, 0.15) is 60.8 Å². The van der Waals surface area contributed by atoms with Crippen LogP contribution in [0.4, 0.5) is 0 Å². The van der Waals surface area contributed by atoms with E-state index in [-0.39, 0.29) is 53.7 Å². The van der Waals surface area contributed by atoms with Gasteiger partial charge in [0.1, 0.15) is 17.3 Å². The number of hydrogen-bond donors (Lipinski definition) is 0. The summed E-state index contributed by atoms with van der Waals surface area (Å²) in [7, 11) is 0. The van der Waals surface area contributed by atoms with Crippen LogP contribution in [0.2, 0.25) is 0 Å². The average Bonchev–Trinajstić information content (AvgIpc) is 2.10. The first-order valence-corrected chi connectivity index (χ1v) is 6.84. The zero-order valence-corrected chi connectivity index (χ0v) is 15.4. The Bertz CT molecular complexity index is 253. The van der Waals surface area contributed by atoms with E-state index in [0.29, 0.717) is 0 Å². The number of ketones is 3. The third kappa shape index (κ3) is 50.5. The van der Waals surface area contributed by atoms with Crippen LogP contribution < -0.4 is 15.3 Å². The molecule has 0 aromatic heterocycles. The maximum atomic E-state index is 10.1. The van der Waals surface area contributed by atoms with Gasteiger partial charge in [-0.2, -0.15) is 0 Å². The van der Waals surface area contributed by atoms with Gasteiger partial charge >= 0.3 is 17.1 Å². The van der Waals surface area contributed by atoms with Crippen molar-refractivity contribution in [3.05, 3.63) is 0 Å². The van der Waals surface area contributed by atoms with E-state index in [2.05, 4.69) is 0 Å². The minimum absolute atomic E-state index is 0. The van der Waals surface area contributed by atoms with E-state index in [9.17, 15) is 29.7 Å². The Morgan fingerprint density at radius 2 is 0.773 bits per heavy atom. The Morgan fingerprint density at radius 1 is 0.636 bits per heavy atom. The molecule has 3 atom stereocenters. The molecule has 6 nitrogen and oxygen atoms in total. The Morgan fingerprint density at radius 3 is 0.773 bits per heavy atom. The normalized spacial score (nSPS) is 13.0. The van der Waals surface area contributed by atoms with Gasteiger partial charge in [0, 0.05) is 0 Å². The molecular weight excluding hydrogens is 331 g/mol. The smallest absolute Gasteiger partial charge is 0.852 e. The number of carbonyl (C=O) groups excluding carboxylic acids is 3. The van der Waals surface area contributed by atoms with Crippen LogP contribution in [0, 0.1) is 0 Å². The van der Waals surface area contributed by atoms with Crippen molar-refractivity contribution >= 4 is 17.3 Å². The molecule has 0 aliphatic heterocycles. The van der Waals surface area contributed by atoms with E-state index >= 15 is 0 Å². The number of Topliss-reactive ketones (excluding diaryl/α,β-unsaturated/α-hetero) is 3. The van der Waals surface area contributed by atoms with Gasteiger partial charge in [-0.15, -0.1) is 18.3 Å². The summed E-state index contributed by atoms with van der Waals surface area (Å²) in [6.45, 7) is 8.74. The molecular formula is C15H27MnO6. The molecule has 0 amide bonds. The van der Waals surface area contributed by atoms with Crippen molar-refractivity contribution in [2.45, 2.75) is 79.1 Å². The summed E-state index contributed by atoms with van der Waals surface area (Å²) in [5.74, 6) is -0.0764. The fourth-order valence-electron chi connectivity index (χ4n) is 1.21. The van der Waals surface area contributed by atoms with Crippen molar-refractivity contribution in [3.8, 4) is 0 Å². The molecule has 22 heavy (non-hydrogen) atoms. The van der Waals surface area contributed by atoms with E-state index in [4.69, 9.17) is 0 Å². The van der Waals surface area contributed by atoms with Crippen molar-refractivity contribution in [3.63, 3.8) is 0 Å². The van der Waals surface area contributed by atoms with Crippen molar-refractivity contribution in [2.24, 2.45) is 0 Å². The second-order valence-corrected chi connectivity index (χ2v) is 5.15. The van der Waals surface area contributed by atoms with Crippen LogP contribution in [0.15, 0.2) is 0 Å². The molecule has 0 aliphatic carbocycles. The molecule has 0 N–H and O–H groups in total. The minimum Gasteiger partial charge on any atom is -0.852 e. The largest absolute Gasteiger partial charge is 3.00 e. The van der Waals surface area contributed by atoms with Crippen LogP contribution >= 0.6 is 0 Å². The SMILES string of the molecule is CC(=O)CC(C)[O-].CC(=O)CC(C)[O-].CC(=O)CC(C)[O-].[Mn+3]. The molecule has 0 rings (SSSR count). The molecule has 0 aliphatic rings. The number of rotatable bonds is 6. The fourth-order valence-corrected chi connectivity index (χ4v) is 1.21. The van der Waals surface area contributed by atoms with Gasteiger partial charge in [-0.05, 0) is 40.0 Å². The molecule has 0 heterocycles. The molecule has 0 fully saturated rings. The molecule has 0 bridgehead atoms. The second-order valence-electron chi connectivity index (χ2n) is 5.15. The van der Waals surface area contributed by atoms with Gasteiger partial charge in [0.2, 0.25) is 0 Å². The average molecular weight is 358 g/mol. The molecule has 3 unspecified atom stereocenters. The van der Waals surface area contributed by atoms with Gasteiger partial charge in [0.05, 0.1) is 0 Å². The summed E-state index contributed by atoms with van der Waals surface area (Å²) in [5, 5.41) is 30.4. The summed E-state index contributed by atoms with van der Waals surface area (Å²) < 4.78 is 0. The first-order chi connectivity index (χ1) is 9.38. The van der Waals surface area contributed by atoms with Crippen LogP contribution in [-0.4, -0.2) is 35.7 Å². The first-order valence-electron chi connectivity index (χ1n) is 6.84. The summed E-state index contributed by atoms with van der Waals surface area (Å²) in [6, 6.07) is 0. The zero-order valence-electron chi connectivity index (χ0n) is 14.2. The molecule has 0 spiro atoms. The predicted molar refractivity (Wildman–Crippen MR) is 74.3 cm³/mol. The second kappa shape index (κ2) is 18.5. The van der Waals surface area contributed by atoms with Gasteiger partial charge in [-0.3, -0.25) is 0 Å². The maximum absolute atomic E-state index is 10.1. The standard InChI is InChI=1S/3C5H9O2.Mn/c3*1-4(6)3-5(2)7;/h3*4H,3H2,1-2H3;/q3*-1;+3. The van der Waals surface area contributed by atoms with E-state index in [1.54, 1.807) is 0 Å². The van der Waals surface area contributed by atoms with Gasteiger partial charge in [-0.25, -0.2) is 0 Å². The quantitative estimate of drug-likeness (QED) is 0.570. The molecule has 0 aromatic rings. The monoisotopic (exact) mass is 358 g/mol. The van der Waals surface area contributed by atoms with Crippen molar-refractivity contribution in [2.75, 3.05) is 0 Å². The molecule has 0 radical (unpaired) electrons. The Labute approximate surface area is 143 Å². The van der Waals surface area contributed by atoms with Crippen LogP contribution in [-0.2, 0) is 31.5 Å². The summed E-state index contributed by atoms with van der Waals surface area (Å²) in [6.07, 6.45) is -1.67. The number of carbonyl (C=O) groups is 3. The van der Waals surface area contributed by atoms with Crippen LogP contribution in [0.25, 0.3) is 0 Å². The van der Waals surface area contributed by atoms with E-state index in [1.165, 1.54) is 41.5 Å². The van der Waals surface area contributed by atoms with Gasteiger partial charge in [0.15, 0.2) is 0 Å². The zero-order chi connectivity index (χ0) is 17.6. The summed E-state index contributed by atoms with van der Waals surface area (Å²) in [4.78, 5) is 30.2. The van der Waals surface area contributed by atoms with E-state index in [0.717, 1.165) is 0 Å². The molecule has 7 heteroatoms. The van der Waals surface area contributed by atoms with Crippen molar-refractivity contribution < 1.29 is 46.8 Å². The molecule has 0 saturated carbocycles. The van der Waals surface area contributed by atoms with Gasteiger partial charge in [-0.1, -0.05) is 20.8 Å². The topological polar surface area (TPSA) is 120 Å². The fraction of sp³-hybridized carbons (Fsp3) is 0.800. The first kappa shape index (κ1) is 29.4. The van der Waals surface area contributed by atoms with Crippen LogP contribution in [0.3, 0.4) is 0 Å². The van der Waals surface area contributed by atoms with E-state index < -0.39 is 18.3 Å². The Kier molecular flexibility index (Phi) is 24.7. The number of hydrogen-bond acceptors (Lipinski definition) is 6. The molecule has 0 aromatic carbocycles. The minimum atomic E-state index is -0.725. The third-order valence-corrected chi connectivity index (χ3v) is 1.72. The third-order valence-electron chi connectivity index (χ3n) is 1.72. The summed E-state index contributed by atoms with van der Waals surface area (Å²) >= 11 is 0. The Hall–Kier alpha value is -0.591. The summed E-state index contributed by atoms with van der Waals surface area (Å²) in [5.41, 5.74) is 0. The van der Waals surface area contributed by atoms with Crippen LogP contribution in [0.5, 0.6) is 0 Å². The maximum Gasteiger partial charge on any atom is 3.00 e. The Balaban J connectivity index is -0.000000108. The van der Waals surface area contributed by atoms with Gasteiger partial charge in [0.25, 0.3) is 0 Å². The van der Waals surface area contributed by atoms with Crippen molar-refractivity contribution in [1.29, 1.82) is 0 Å². The molecule has 130 valence electrons. The van der Waals surface area contributed by atoms with Gasteiger partial charge < -0.3 is 29.7 Å². The van der Waals surface area contributed by atoms with Crippen molar-refractivity contribution in [1.82, 2.24) is 0 Å².